The lowest BCUT2D eigenvalue weighted by Crippen LogP contribution is -2.56. The smallest absolute Gasteiger partial charge is 0.0687 e. The minimum Gasteiger partial charge on any atom is -0.369 e. The lowest BCUT2D eigenvalue weighted by Gasteiger charge is -2.55. The summed E-state index contributed by atoms with van der Waals surface area (Å²) >= 11 is 0. The van der Waals surface area contributed by atoms with Crippen LogP contribution in [0.25, 0.3) is 0 Å². The number of rotatable bonds is 18. The van der Waals surface area contributed by atoms with Gasteiger partial charge in [0.15, 0.2) is 0 Å². The van der Waals surface area contributed by atoms with Crippen LogP contribution < -0.4 is 0 Å². The van der Waals surface area contributed by atoms with Crippen molar-refractivity contribution in [3.8, 4) is 0 Å². The summed E-state index contributed by atoms with van der Waals surface area (Å²) < 4.78 is 7.24. The highest BCUT2D eigenvalue weighted by Gasteiger charge is 2.51. The normalized spacial score (nSPS) is 14.1. The summed E-state index contributed by atoms with van der Waals surface area (Å²) in [6.07, 6.45) is 15.8. The zero-order valence-corrected chi connectivity index (χ0v) is 24.0. The molecule has 0 atom stereocenters. The van der Waals surface area contributed by atoms with Gasteiger partial charge in [-0.05, 0) is 76.0 Å². The SMILES string of the molecule is CCCCC(CCCC)C(C)(C)C(C)(C)OC(C)(C)C(C)(C)C(CCCC)CCCC. The molecule has 0 aliphatic carbocycles. The maximum Gasteiger partial charge on any atom is 0.0687 e. The van der Waals surface area contributed by atoms with Gasteiger partial charge < -0.3 is 4.74 Å². The van der Waals surface area contributed by atoms with E-state index in [-0.39, 0.29) is 22.0 Å². The van der Waals surface area contributed by atoms with Crippen LogP contribution in [0, 0.1) is 22.7 Å². The van der Waals surface area contributed by atoms with E-state index in [1.54, 1.807) is 0 Å². The van der Waals surface area contributed by atoms with Crippen molar-refractivity contribution >= 4 is 0 Å². The Hall–Kier alpha value is -0.0400. The fourth-order valence-corrected chi connectivity index (χ4v) is 5.42. The van der Waals surface area contributed by atoms with E-state index in [4.69, 9.17) is 4.74 Å². The number of ether oxygens (including phenoxy) is 1. The Morgan fingerprint density at radius 2 is 0.677 bits per heavy atom. The monoisotopic (exact) mass is 438 g/mol. The second kappa shape index (κ2) is 13.6. The summed E-state index contributed by atoms with van der Waals surface area (Å²) in [5.41, 5.74) is -0.0417. The molecule has 0 aromatic heterocycles. The van der Waals surface area contributed by atoms with E-state index in [0.29, 0.717) is 0 Å². The highest BCUT2D eigenvalue weighted by molar-refractivity contribution is 4.99. The van der Waals surface area contributed by atoms with E-state index in [1.165, 1.54) is 77.0 Å². The summed E-state index contributed by atoms with van der Waals surface area (Å²) in [5.74, 6) is 1.44. The molecule has 0 unspecified atom stereocenters. The van der Waals surface area contributed by atoms with E-state index in [1.807, 2.05) is 0 Å². The van der Waals surface area contributed by atoms with Gasteiger partial charge in [-0.2, -0.15) is 0 Å². The van der Waals surface area contributed by atoms with Crippen LogP contribution in [0.5, 0.6) is 0 Å². The Bertz CT molecular complexity index is 399. The van der Waals surface area contributed by atoms with Gasteiger partial charge in [0.05, 0.1) is 11.2 Å². The molecule has 1 heteroatoms. The second-order valence-corrected chi connectivity index (χ2v) is 12.5. The van der Waals surface area contributed by atoms with Gasteiger partial charge in [-0.15, -0.1) is 0 Å². The summed E-state index contributed by atoms with van der Waals surface area (Å²) in [5, 5.41) is 0. The van der Waals surface area contributed by atoms with Crippen LogP contribution >= 0.6 is 0 Å². The molecule has 0 saturated carbocycles. The largest absolute Gasteiger partial charge is 0.369 e. The molecule has 0 aliphatic heterocycles. The summed E-state index contributed by atoms with van der Waals surface area (Å²) in [7, 11) is 0. The Labute approximate surface area is 198 Å². The summed E-state index contributed by atoms with van der Waals surface area (Å²) in [6.45, 7) is 28.7. The lowest BCUT2D eigenvalue weighted by atomic mass is 9.62. The van der Waals surface area contributed by atoms with Gasteiger partial charge in [-0.3, -0.25) is 0 Å². The zero-order valence-electron chi connectivity index (χ0n) is 24.0. The highest BCUT2D eigenvalue weighted by Crippen LogP contribution is 2.52. The Morgan fingerprint density at radius 1 is 0.452 bits per heavy atom. The standard InChI is InChI=1S/C30H62O/c1-13-17-21-25(22-18-14-2)27(5,6)29(9,10)31-30(11,12)28(7,8)26(23-19-15-3)24-20-16-4/h25-26H,13-24H2,1-12H3. The fourth-order valence-electron chi connectivity index (χ4n) is 5.42. The minimum absolute atomic E-state index is 0.146. The molecule has 0 aromatic carbocycles. The predicted octanol–water partition coefficient (Wildman–Crippen LogP) is 10.6. The van der Waals surface area contributed by atoms with Crippen molar-refractivity contribution in [2.45, 2.75) is 171 Å². The third kappa shape index (κ3) is 8.68. The van der Waals surface area contributed by atoms with Crippen molar-refractivity contribution in [2.24, 2.45) is 22.7 Å². The molecule has 0 fully saturated rings. The molecular weight excluding hydrogens is 376 g/mol. The highest BCUT2D eigenvalue weighted by atomic mass is 16.5. The predicted molar refractivity (Wildman–Crippen MR) is 142 cm³/mol. The summed E-state index contributed by atoms with van der Waals surface area (Å²) in [6, 6.07) is 0. The van der Waals surface area contributed by atoms with E-state index in [0.717, 1.165) is 11.8 Å². The van der Waals surface area contributed by atoms with Crippen molar-refractivity contribution in [2.75, 3.05) is 0 Å². The molecule has 0 rings (SSSR count). The molecule has 0 radical (unpaired) electrons. The third-order valence-corrected chi connectivity index (χ3v) is 9.28. The van der Waals surface area contributed by atoms with Crippen molar-refractivity contribution in [3.63, 3.8) is 0 Å². The average Bonchev–Trinajstić information content (AvgIpc) is 2.66. The number of hydrogen-bond donors (Lipinski definition) is 0. The Morgan fingerprint density at radius 3 is 0.871 bits per heavy atom. The second-order valence-electron chi connectivity index (χ2n) is 12.5. The minimum atomic E-state index is -0.167. The number of hydrogen-bond acceptors (Lipinski definition) is 1. The van der Waals surface area contributed by atoms with Gasteiger partial charge in [0.2, 0.25) is 0 Å². The molecular formula is C30H62O. The van der Waals surface area contributed by atoms with E-state index >= 15 is 0 Å². The van der Waals surface area contributed by atoms with Crippen LogP contribution in [0.4, 0.5) is 0 Å². The van der Waals surface area contributed by atoms with Crippen molar-refractivity contribution in [3.05, 3.63) is 0 Å². The Balaban J connectivity index is 5.75. The third-order valence-electron chi connectivity index (χ3n) is 9.28. The zero-order chi connectivity index (χ0) is 24.3. The quantitative estimate of drug-likeness (QED) is 0.207. The van der Waals surface area contributed by atoms with Gasteiger partial charge >= 0.3 is 0 Å². The molecule has 0 spiro atoms. The molecule has 31 heavy (non-hydrogen) atoms. The molecule has 1 nitrogen and oxygen atoms in total. The van der Waals surface area contributed by atoms with Crippen molar-refractivity contribution in [1.29, 1.82) is 0 Å². The van der Waals surface area contributed by atoms with Crippen LogP contribution in [-0.4, -0.2) is 11.2 Å². The van der Waals surface area contributed by atoms with E-state index < -0.39 is 0 Å². The molecule has 0 N–H and O–H groups in total. The first kappa shape index (κ1) is 31.0. The van der Waals surface area contributed by atoms with E-state index in [9.17, 15) is 0 Å². The van der Waals surface area contributed by atoms with Crippen molar-refractivity contribution < 1.29 is 4.74 Å². The molecule has 0 aliphatic rings. The van der Waals surface area contributed by atoms with Gasteiger partial charge in [-0.1, -0.05) is 107 Å². The molecule has 0 saturated heterocycles. The maximum atomic E-state index is 7.24. The van der Waals surface area contributed by atoms with Crippen LogP contribution in [0.3, 0.4) is 0 Å². The number of unbranched alkanes of at least 4 members (excludes halogenated alkanes) is 4. The van der Waals surface area contributed by atoms with E-state index in [2.05, 4.69) is 83.1 Å². The van der Waals surface area contributed by atoms with Crippen LogP contribution in [0.1, 0.15) is 160 Å². The maximum absolute atomic E-state index is 7.24. The summed E-state index contributed by atoms with van der Waals surface area (Å²) in [4.78, 5) is 0. The van der Waals surface area contributed by atoms with Gasteiger partial charge in [0, 0.05) is 0 Å². The first-order valence-electron chi connectivity index (χ1n) is 13.9. The molecule has 0 bridgehead atoms. The van der Waals surface area contributed by atoms with Crippen LogP contribution in [0.2, 0.25) is 0 Å². The topological polar surface area (TPSA) is 9.23 Å². The van der Waals surface area contributed by atoms with Crippen LogP contribution in [-0.2, 0) is 4.74 Å². The average molecular weight is 439 g/mol. The molecule has 188 valence electrons. The molecule has 0 heterocycles. The lowest BCUT2D eigenvalue weighted by molar-refractivity contribution is -0.234. The van der Waals surface area contributed by atoms with Gasteiger partial charge in [0.25, 0.3) is 0 Å². The Kier molecular flexibility index (Phi) is 13.6. The molecule has 0 amide bonds. The first-order valence-corrected chi connectivity index (χ1v) is 13.9. The fraction of sp³-hybridized carbons (Fsp3) is 1.00. The van der Waals surface area contributed by atoms with Gasteiger partial charge in [-0.25, -0.2) is 0 Å². The van der Waals surface area contributed by atoms with Crippen molar-refractivity contribution in [1.82, 2.24) is 0 Å². The first-order chi connectivity index (χ1) is 14.2. The van der Waals surface area contributed by atoms with Gasteiger partial charge in [0.1, 0.15) is 0 Å². The molecule has 0 aromatic rings. The van der Waals surface area contributed by atoms with Crippen LogP contribution in [0.15, 0.2) is 0 Å².